The van der Waals surface area contributed by atoms with Crippen molar-refractivity contribution in [2.24, 2.45) is 5.41 Å². The van der Waals surface area contributed by atoms with Crippen LogP contribution >= 0.6 is 12.6 Å². The van der Waals surface area contributed by atoms with Crippen molar-refractivity contribution < 1.29 is 14.3 Å². The Bertz CT molecular complexity index is 187. The fourth-order valence-electron chi connectivity index (χ4n) is 0.923. The maximum Gasteiger partial charge on any atom is 0.315 e. The molecule has 1 unspecified atom stereocenters. The molecule has 0 bridgehead atoms. The van der Waals surface area contributed by atoms with Crippen molar-refractivity contribution in [3.63, 3.8) is 0 Å². The van der Waals surface area contributed by atoms with Gasteiger partial charge in [-0.1, -0.05) is 20.8 Å². The van der Waals surface area contributed by atoms with E-state index in [0.29, 0.717) is 13.2 Å². The Morgan fingerprint density at radius 3 is 2.47 bits per heavy atom. The maximum absolute atomic E-state index is 10.9. The summed E-state index contributed by atoms with van der Waals surface area (Å²) in [5.74, 6) is -0.183. The molecule has 0 N–H and O–H groups in total. The molecule has 0 aromatic rings. The van der Waals surface area contributed by atoms with Crippen molar-refractivity contribution in [2.45, 2.75) is 40.2 Å². The van der Waals surface area contributed by atoms with Crippen LogP contribution < -0.4 is 0 Å². The van der Waals surface area contributed by atoms with Gasteiger partial charge in [0.25, 0.3) is 0 Å². The fourth-order valence-corrected chi connectivity index (χ4v) is 0.998. The van der Waals surface area contributed by atoms with E-state index >= 15 is 0 Å². The second-order valence-corrected chi connectivity index (χ2v) is 5.16. The normalized spacial score (nSPS) is 13.7. The second-order valence-electron chi connectivity index (χ2n) is 4.84. The Morgan fingerprint density at radius 2 is 2.00 bits per heavy atom. The Kier molecular flexibility index (Phi) is 7.02. The van der Waals surface area contributed by atoms with Crippen LogP contribution in [0.4, 0.5) is 0 Å². The summed E-state index contributed by atoms with van der Waals surface area (Å²) in [6, 6.07) is 0. The molecular weight excluding hydrogens is 212 g/mol. The third-order valence-electron chi connectivity index (χ3n) is 1.81. The quantitative estimate of drug-likeness (QED) is 0.435. The highest BCUT2D eigenvalue weighted by Gasteiger charge is 2.11. The molecule has 0 aliphatic carbocycles. The van der Waals surface area contributed by atoms with Gasteiger partial charge in [0.05, 0.1) is 12.4 Å². The first kappa shape index (κ1) is 14.8. The van der Waals surface area contributed by atoms with E-state index in [1.165, 1.54) is 0 Å². The molecule has 4 heteroatoms. The van der Waals surface area contributed by atoms with Crippen LogP contribution in [0.1, 0.15) is 34.1 Å². The van der Waals surface area contributed by atoms with Crippen molar-refractivity contribution in [2.75, 3.05) is 19.0 Å². The molecule has 0 amide bonds. The van der Waals surface area contributed by atoms with Crippen molar-refractivity contribution in [3.05, 3.63) is 0 Å². The van der Waals surface area contributed by atoms with Crippen LogP contribution in [0.15, 0.2) is 0 Å². The lowest BCUT2D eigenvalue weighted by molar-refractivity contribution is -0.147. The topological polar surface area (TPSA) is 35.5 Å². The zero-order chi connectivity index (χ0) is 11.9. The molecule has 0 aromatic carbocycles. The summed E-state index contributed by atoms with van der Waals surface area (Å²) in [5, 5.41) is 0. The average Bonchev–Trinajstić information content (AvgIpc) is 2.11. The lowest BCUT2D eigenvalue weighted by atomic mass is 9.93. The van der Waals surface area contributed by atoms with Gasteiger partial charge in [0.15, 0.2) is 0 Å². The van der Waals surface area contributed by atoms with E-state index in [-0.39, 0.29) is 23.2 Å². The minimum absolute atomic E-state index is 0.117. The molecular formula is C11H22O3S. The molecule has 0 aliphatic rings. The fraction of sp³-hybridized carbons (Fsp3) is 0.909. The van der Waals surface area contributed by atoms with Gasteiger partial charge in [-0.25, -0.2) is 0 Å². The van der Waals surface area contributed by atoms with Crippen LogP contribution in [0.5, 0.6) is 0 Å². The molecule has 15 heavy (non-hydrogen) atoms. The number of hydrogen-bond donors (Lipinski definition) is 1. The maximum atomic E-state index is 10.9. The Labute approximate surface area is 97.9 Å². The van der Waals surface area contributed by atoms with Crippen LogP contribution in [-0.2, 0) is 14.3 Å². The van der Waals surface area contributed by atoms with Gasteiger partial charge in [0, 0.05) is 6.61 Å². The van der Waals surface area contributed by atoms with Gasteiger partial charge in [-0.15, -0.1) is 0 Å². The predicted octanol–water partition coefficient (Wildman–Crippen LogP) is 2.30. The first-order valence-corrected chi connectivity index (χ1v) is 5.86. The summed E-state index contributed by atoms with van der Waals surface area (Å²) in [7, 11) is 0. The standard InChI is InChI=1S/C11H22O3S/c1-9(14-10(12)8-15)7-13-6-5-11(2,3)4/h9,15H,5-8H2,1-4H3. The number of hydrogen-bond acceptors (Lipinski definition) is 4. The molecule has 1 atom stereocenters. The van der Waals surface area contributed by atoms with E-state index in [1.807, 2.05) is 6.92 Å². The molecule has 0 radical (unpaired) electrons. The van der Waals surface area contributed by atoms with E-state index in [9.17, 15) is 4.79 Å². The highest BCUT2D eigenvalue weighted by molar-refractivity contribution is 7.81. The molecule has 0 aliphatic heterocycles. The van der Waals surface area contributed by atoms with Crippen LogP contribution in [0, 0.1) is 5.41 Å². The monoisotopic (exact) mass is 234 g/mol. The summed E-state index contributed by atoms with van der Waals surface area (Å²) < 4.78 is 10.4. The van der Waals surface area contributed by atoms with Crippen LogP contribution in [0.3, 0.4) is 0 Å². The molecule has 3 nitrogen and oxygen atoms in total. The number of thiol groups is 1. The SMILES string of the molecule is CC(COCCC(C)(C)C)OC(=O)CS. The van der Waals surface area contributed by atoms with E-state index in [0.717, 1.165) is 6.42 Å². The van der Waals surface area contributed by atoms with Gasteiger partial charge in [0.1, 0.15) is 6.10 Å². The highest BCUT2D eigenvalue weighted by Crippen LogP contribution is 2.17. The number of rotatable bonds is 6. The van der Waals surface area contributed by atoms with E-state index < -0.39 is 0 Å². The largest absolute Gasteiger partial charge is 0.460 e. The Hall–Kier alpha value is -0.220. The molecule has 90 valence electrons. The van der Waals surface area contributed by atoms with Gasteiger partial charge in [0.2, 0.25) is 0 Å². The molecule has 0 aromatic heterocycles. The van der Waals surface area contributed by atoms with Crippen LogP contribution in [-0.4, -0.2) is 31.0 Å². The molecule has 0 saturated heterocycles. The summed E-state index contributed by atoms with van der Waals surface area (Å²) in [6.07, 6.45) is 0.810. The summed E-state index contributed by atoms with van der Waals surface area (Å²) in [4.78, 5) is 10.9. The molecule has 0 fully saturated rings. The lowest BCUT2D eigenvalue weighted by Gasteiger charge is -2.19. The molecule has 0 spiro atoms. The second kappa shape index (κ2) is 7.12. The zero-order valence-electron chi connectivity index (χ0n) is 10.1. The van der Waals surface area contributed by atoms with Gasteiger partial charge in [-0.2, -0.15) is 12.6 Å². The minimum Gasteiger partial charge on any atom is -0.460 e. The summed E-state index contributed by atoms with van der Waals surface area (Å²) in [5.41, 5.74) is 0.283. The van der Waals surface area contributed by atoms with Gasteiger partial charge in [-0.05, 0) is 18.8 Å². The first-order chi connectivity index (χ1) is 6.85. The van der Waals surface area contributed by atoms with E-state index in [2.05, 4.69) is 33.4 Å². The number of carbonyl (C=O) groups excluding carboxylic acids is 1. The first-order valence-electron chi connectivity index (χ1n) is 5.23. The van der Waals surface area contributed by atoms with Crippen LogP contribution in [0.25, 0.3) is 0 Å². The Balaban J connectivity index is 3.47. The molecule has 0 rings (SSSR count). The van der Waals surface area contributed by atoms with Gasteiger partial charge >= 0.3 is 5.97 Å². The van der Waals surface area contributed by atoms with Gasteiger partial charge in [-0.3, -0.25) is 4.79 Å². The number of carbonyl (C=O) groups is 1. The van der Waals surface area contributed by atoms with Crippen LogP contribution in [0.2, 0.25) is 0 Å². The number of esters is 1. The van der Waals surface area contributed by atoms with Gasteiger partial charge < -0.3 is 9.47 Å². The van der Waals surface area contributed by atoms with E-state index in [1.54, 1.807) is 0 Å². The van der Waals surface area contributed by atoms with Crippen molar-refractivity contribution >= 4 is 18.6 Å². The van der Waals surface area contributed by atoms with Crippen molar-refractivity contribution in [1.29, 1.82) is 0 Å². The van der Waals surface area contributed by atoms with Crippen molar-refractivity contribution in [1.82, 2.24) is 0 Å². The highest BCUT2D eigenvalue weighted by atomic mass is 32.1. The third-order valence-corrected chi connectivity index (χ3v) is 2.07. The molecule has 0 saturated carbocycles. The van der Waals surface area contributed by atoms with E-state index in [4.69, 9.17) is 9.47 Å². The zero-order valence-corrected chi connectivity index (χ0v) is 11.0. The smallest absolute Gasteiger partial charge is 0.315 e. The average molecular weight is 234 g/mol. The molecule has 0 heterocycles. The summed E-state index contributed by atoms with van der Waals surface area (Å²) >= 11 is 3.82. The minimum atomic E-state index is -0.301. The lowest BCUT2D eigenvalue weighted by Crippen LogP contribution is -2.22. The van der Waals surface area contributed by atoms with Crippen molar-refractivity contribution in [3.8, 4) is 0 Å². The predicted molar refractivity (Wildman–Crippen MR) is 64.3 cm³/mol. The third kappa shape index (κ3) is 10.1. The summed E-state index contributed by atoms with van der Waals surface area (Å²) in [6.45, 7) is 9.47. The number of ether oxygens (including phenoxy) is 2. The Morgan fingerprint density at radius 1 is 1.40 bits per heavy atom.